The van der Waals surface area contributed by atoms with Crippen molar-refractivity contribution in [3.8, 4) is 0 Å². The number of carbonyl (C=O) groups excluding carboxylic acids is 2. The molecular weight excluding hydrogens is 328 g/mol. The summed E-state index contributed by atoms with van der Waals surface area (Å²) in [5.41, 5.74) is 1.51. The summed E-state index contributed by atoms with van der Waals surface area (Å²) >= 11 is 0. The molecule has 0 saturated carbocycles. The van der Waals surface area contributed by atoms with Crippen LogP contribution < -0.4 is 5.32 Å². The highest BCUT2D eigenvalue weighted by molar-refractivity contribution is 5.93. The van der Waals surface area contributed by atoms with Crippen molar-refractivity contribution in [3.63, 3.8) is 0 Å². The van der Waals surface area contributed by atoms with Gasteiger partial charge in [0.25, 0.3) is 0 Å². The maximum atomic E-state index is 12.8. The number of piperidine rings is 1. The maximum absolute atomic E-state index is 12.8. The van der Waals surface area contributed by atoms with E-state index in [9.17, 15) is 9.59 Å². The first kappa shape index (κ1) is 20.3. The number of benzene rings is 1. The Balaban J connectivity index is 2.03. The zero-order valence-corrected chi connectivity index (χ0v) is 16.7. The Morgan fingerprint density at radius 1 is 1.31 bits per heavy atom. The first-order valence-electron chi connectivity index (χ1n) is 9.59. The van der Waals surface area contributed by atoms with Gasteiger partial charge in [-0.1, -0.05) is 32.0 Å². The average molecular weight is 360 g/mol. The third-order valence-corrected chi connectivity index (χ3v) is 4.81. The lowest BCUT2D eigenvalue weighted by molar-refractivity contribution is -0.121. The maximum Gasteiger partial charge on any atom is 0.410 e. The minimum Gasteiger partial charge on any atom is -0.444 e. The molecule has 0 bridgehead atoms. The third-order valence-electron chi connectivity index (χ3n) is 4.81. The zero-order valence-electron chi connectivity index (χ0n) is 16.7. The van der Waals surface area contributed by atoms with E-state index in [4.69, 9.17) is 4.74 Å². The smallest absolute Gasteiger partial charge is 0.410 e. The first-order valence-corrected chi connectivity index (χ1v) is 9.59. The van der Waals surface area contributed by atoms with Crippen molar-refractivity contribution in [1.82, 2.24) is 4.90 Å². The minimum absolute atomic E-state index is 0.0194. The quantitative estimate of drug-likeness (QED) is 0.840. The highest BCUT2D eigenvalue weighted by Crippen LogP contribution is 2.28. The fourth-order valence-corrected chi connectivity index (χ4v) is 3.18. The Morgan fingerprint density at radius 2 is 2.00 bits per heavy atom. The molecule has 1 N–H and O–H groups in total. The largest absolute Gasteiger partial charge is 0.444 e. The Labute approximate surface area is 157 Å². The molecule has 1 fully saturated rings. The van der Waals surface area contributed by atoms with Crippen LogP contribution in [0.2, 0.25) is 0 Å². The van der Waals surface area contributed by atoms with Crippen molar-refractivity contribution in [2.75, 3.05) is 18.4 Å². The predicted octanol–water partition coefficient (Wildman–Crippen LogP) is 4.79. The standard InChI is InChI=1S/C21H32N2O3/c1-6-15(2)17-11-7-8-12-18(17)22-19(24)16-10-9-13-23(14-16)20(25)26-21(3,4)5/h7-8,11-12,15-16H,6,9-10,13-14H2,1-5H3,(H,22,24). The first-order chi connectivity index (χ1) is 12.2. The van der Waals surface area contributed by atoms with Gasteiger partial charge in [0.15, 0.2) is 0 Å². The Kier molecular flexibility index (Phi) is 6.68. The van der Waals surface area contributed by atoms with Crippen LogP contribution in [0.1, 0.15) is 65.4 Å². The number of ether oxygens (including phenoxy) is 1. The number of likely N-dealkylation sites (tertiary alicyclic amines) is 1. The molecule has 5 nitrogen and oxygen atoms in total. The number of rotatable bonds is 4. The molecule has 144 valence electrons. The topological polar surface area (TPSA) is 58.6 Å². The Bertz CT molecular complexity index is 636. The lowest BCUT2D eigenvalue weighted by atomic mass is 9.95. The molecule has 1 aliphatic rings. The average Bonchev–Trinajstić information content (AvgIpc) is 2.60. The van der Waals surface area contributed by atoms with Crippen molar-refractivity contribution < 1.29 is 14.3 Å². The highest BCUT2D eigenvalue weighted by Gasteiger charge is 2.31. The lowest BCUT2D eigenvalue weighted by Gasteiger charge is -2.33. The van der Waals surface area contributed by atoms with Crippen molar-refractivity contribution in [2.24, 2.45) is 5.92 Å². The van der Waals surface area contributed by atoms with Crippen LogP contribution in [0, 0.1) is 5.92 Å². The fraction of sp³-hybridized carbons (Fsp3) is 0.619. The van der Waals surface area contributed by atoms with Crippen LogP contribution in [0.3, 0.4) is 0 Å². The SMILES string of the molecule is CCC(C)c1ccccc1NC(=O)C1CCCN(C(=O)OC(C)(C)C)C1. The van der Waals surface area contributed by atoms with Crippen LogP contribution in [0.15, 0.2) is 24.3 Å². The molecule has 1 saturated heterocycles. The van der Waals surface area contributed by atoms with E-state index in [0.717, 1.165) is 30.5 Å². The number of para-hydroxylation sites is 1. The van der Waals surface area contributed by atoms with E-state index in [-0.39, 0.29) is 17.9 Å². The molecule has 0 spiro atoms. The fourth-order valence-electron chi connectivity index (χ4n) is 3.18. The molecule has 2 unspecified atom stereocenters. The summed E-state index contributed by atoms with van der Waals surface area (Å²) in [7, 11) is 0. The zero-order chi connectivity index (χ0) is 19.3. The van der Waals surface area contributed by atoms with Gasteiger partial charge in [0.1, 0.15) is 5.60 Å². The second-order valence-corrected chi connectivity index (χ2v) is 8.15. The van der Waals surface area contributed by atoms with Crippen LogP contribution in [0.25, 0.3) is 0 Å². The van der Waals surface area contributed by atoms with Crippen molar-refractivity contribution in [1.29, 1.82) is 0 Å². The van der Waals surface area contributed by atoms with E-state index in [2.05, 4.69) is 25.2 Å². The molecule has 2 atom stereocenters. The van der Waals surface area contributed by atoms with Crippen LogP contribution in [0.4, 0.5) is 10.5 Å². The van der Waals surface area contributed by atoms with E-state index in [1.807, 2.05) is 39.0 Å². The van der Waals surface area contributed by atoms with Gasteiger partial charge in [-0.2, -0.15) is 0 Å². The molecule has 2 amide bonds. The molecular formula is C21H32N2O3. The van der Waals surface area contributed by atoms with Gasteiger partial charge in [-0.3, -0.25) is 4.79 Å². The minimum atomic E-state index is -0.526. The summed E-state index contributed by atoms with van der Waals surface area (Å²) in [6.45, 7) is 10.9. The molecule has 0 aromatic heterocycles. The number of nitrogens with zero attached hydrogens (tertiary/aromatic N) is 1. The molecule has 1 aromatic rings. The second kappa shape index (κ2) is 8.56. The number of carbonyl (C=O) groups is 2. The predicted molar refractivity (Wildman–Crippen MR) is 104 cm³/mol. The summed E-state index contributed by atoms with van der Waals surface area (Å²) in [5.74, 6) is 0.159. The number of anilines is 1. The lowest BCUT2D eigenvalue weighted by Crippen LogP contribution is -2.45. The van der Waals surface area contributed by atoms with Gasteiger partial charge in [-0.05, 0) is 57.6 Å². The van der Waals surface area contributed by atoms with Crippen molar-refractivity contribution in [3.05, 3.63) is 29.8 Å². The van der Waals surface area contributed by atoms with Gasteiger partial charge in [0.05, 0.1) is 5.92 Å². The molecule has 5 heteroatoms. The van der Waals surface area contributed by atoms with Gasteiger partial charge in [0, 0.05) is 18.8 Å². The van der Waals surface area contributed by atoms with Gasteiger partial charge >= 0.3 is 6.09 Å². The molecule has 0 aliphatic carbocycles. The van der Waals surface area contributed by atoms with Gasteiger partial charge in [0.2, 0.25) is 5.91 Å². The Morgan fingerprint density at radius 3 is 2.65 bits per heavy atom. The second-order valence-electron chi connectivity index (χ2n) is 8.15. The summed E-state index contributed by atoms with van der Waals surface area (Å²) < 4.78 is 5.44. The van der Waals surface area contributed by atoms with E-state index < -0.39 is 5.60 Å². The van der Waals surface area contributed by atoms with E-state index >= 15 is 0 Å². The van der Waals surface area contributed by atoms with Crippen LogP contribution in [-0.2, 0) is 9.53 Å². The van der Waals surface area contributed by atoms with E-state index in [0.29, 0.717) is 19.0 Å². The van der Waals surface area contributed by atoms with Gasteiger partial charge in [-0.25, -0.2) is 4.79 Å². The highest BCUT2D eigenvalue weighted by atomic mass is 16.6. The van der Waals surface area contributed by atoms with E-state index in [1.54, 1.807) is 4.90 Å². The molecule has 0 radical (unpaired) electrons. The monoisotopic (exact) mass is 360 g/mol. The van der Waals surface area contributed by atoms with E-state index in [1.165, 1.54) is 0 Å². The number of amides is 2. The van der Waals surface area contributed by atoms with Crippen LogP contribution in [0.5, 0.6) is 0 Å². The van der Waals surface area contributed by atoms with Crippen LogP contribution >= 0.6 is 0 Å². The third kappa shape index (κ3) is 5.48. The molecule has 2 rings (SSSR count). The molecule has 26 heavy (non-hydrogen) atoms. The number of hydrogen-bond donors (Lipinski definition) is 1. The van der Waals surface area contributed by atoms with Crippen molar-refractivity contribution in [2.45, 2.75) is 65.4 Å². The van der Waals surface area contributed by atoms with Crippen LogP contribution in [-0.4, -0.2) is 35.6 Å². The summed E-state index contributed by atoms with van der Waals surface area (Å²) in [5, 5.41) is 3.09. The summed E-state index contributed by atoms with van der Waals surface area (Å²) in [6, 6.07) is 7.96. The van der Waals surface area contributed by atoms with Gasteiger partial charge in [-0.15, -0.1) is 0 Å². The summed E-state index contributed by atoms with van der Waals surface area (Å²) in [4.78, 5) is 26.7. The number of nitrogens with one attached hydrogen (secondary N) is 1. The Hall–Kier alpha value is -2.04. The number of hydrogen-bond acceptors (Lipinski definition) is 3. The summed E-state index contributed by atoms with van der Waals surface area (Å²) in [6.07, 6.45) is 2.28. The molecule has 1 heterocycles. The van der Waals surface area contributed by atoms with Crippen molar-refractivity contribution >= 4 is 17.7 Å². The molecule has 1 aliphatic heterocycles. The normalized spacial score (nSPS) is 19.0. The van der Waals surface area contributed by atoms with Gasteiger partial charge < -0.3 is 15.0 Å². The molecule has 1 aromatic carbocycles.